The Labute approximate surface area is 117 Å². The summed E-state index contributed by atoms with van der Waals surface area (Å²) in [6, 6.07) is 6.77. The second-order valence-electron chi connectivity index (χ2n) is 5.28. The maximum Gasteiger partial charge on any atom is 0.326 e. The van der Waals surface area contributed by atoms with Gasteiger partial charge in [-0.3, -0.25) is 4.79 Å². The molecule has 0 aromatic heterocycles. The van der Waals surface area contributed by atoms with Crippen LogP contribution >= 0.6 is 0 Å². The summed E-state index contributed by atoms with van der Waals surface area (Å²) in [5, 5.41) is 9.27. The van der Waals surface area contributed by atoms with Gasteiger partial charge in [-0.05, 0) is 25.3 Å². The molecule has 0 bridgehead atoms. The van der Waals surface area contributed by atoms with Gasteiger partial charge >= 0.3 is 5.97 Å². The van der Waals surface area contributed by atoms with E-state index in [1.165, 1.54) is 4.90 Å². The van der Waals surface area contributed by atoms with Crippen LogP contribution in [-0.2, 0) is 9.59 Å². The summed E-state index contributed by atoms with van der Waals surface area (Å²) in [5.74, 6) is -0.673. The summed E-state index contributed by atoms with van der Waals surface area (Å²) >= 11 is 0. The molecule has 2 aliphatic heterocycles. The van der Waals surface area contributed by atoms with E-state index in [-0.39, 0.29) is 11.8 Å². The summed E-state index contributed by atoms with van der Waals surface area (Å²) in [7, 11) is 0. The molecule has 0 radical (unpaired) electrons. The van der Waals surface area contributed by atoms with Crippen molar-refractivity contribution >= 4 is 11.9 Å². The number of fused-ring (bicyclic) bond motifs is 1. The Morgan fingerprint density at radius 1 is 1.25 bits per heavy atom. The van der Waals surface area contributed by atoms with Crippen LogP contribution in [0, 0.1) is 0 Å². The number of hydrogen-bond donors (Lipinski definition) is 1. The zero-order valence-corrected chi connectivity index (χ0v) is 11.1. The quantitative estimate of drug-likeness (QED) is 0.890. The first kappa shape index (κ1) is 13.0. The summed E-state index contributed by atoms with van der Waals surface area (Å²) in [5.41, 5.74) is 0.868. The van der Waals surface area contributed by atoms with E-state index >= 15 is 0 Å². The number of aliphatic carboxylic acids is 1. The Hall–Kier alpha value is -2.04. The molecular formula is C15H17NO4. The Morgan fingerprint density at radius 3 is 2.85 bits per heavy atom. The summed E-state index contributed by atoms with van der Waals surface area (Å²) in [4.78, 5) is 25.5. The monoisotopic (exact) mass is 275 g/mol. The highest BCUT2D eigenvalue weighted by molar-refractivity contribution is 5.89. The molecule has 0 aliphatic carbocycles. The van der Waals surface area contributed by atoms with Crippen LogP contribution in [0.4, 0.5) is 0 Å². The lowest BCUT2D eigenvalue weighted by Gasteiger charge is -2.34. The molecule has 106 valence electrons. The van der Waals surface area contributed by atoms with Crippen molar-refractivity contribution in [1.82, 2.24) is 4.90 Å². The summed E-state index contributed by atoms with van der Waals surface area (Å²) in [6.45, 7) is 0.829. The molecule has 3 rings (SSSR count). The number of carbonyl (C=O) groups is 2. The molecule has 1 amide bonds. The predicted molar refractivity (Wildman–Crippen MR) is 71.7 cm³/mol. The SMILES string of the molecule is O=C(O)[C@H]1CCCCN1C(=O)C1COc2ccccc21. The van der Waals surface area contributed by atoms with E-state index in [4.69, 9.17) is 4.74 Å². The van der Waals surface area contributed by atoms with Crippen molar-refractivity contribution < 1.29 is 19.4 Å². The lowest BCUT2D eigenvalue weighted by atomic mass is 9.95. The molecule has 1 aromatic carbocycles. The molecule has 1 saturated heterocycles. The highest BCUT2D eigenvalue weighted by Gasteiger charge is 2.39. The van der Waals surface area contributed by atoms with Crippen LogP contribution in [-0.4, -0.2) is 41.1 Å². The fourth-order valence-electron chi connectivity index (χ4n) is 3.02. The van der Waals surface area contributed by atoms with Crippen molar-refractivity contribution in [3.63, 3.8) is 0 Å². The van der Waals surface area contributed by atoms with Gasteiger partial charge in [-0.15, -0.1) is 0 Å². The van der Waals surface area contributed by atoms with Crippen molar-refractivity contribution in [3.8, 4) is 5.75 Å². The molecule has 5 nitrogen and oxygen atoms in total. The number of piperidine rings is 1. The fraction of sp³-hybridized carbons (Fsp3) is 0.467. The minimum absolute atomic E-state index is 0.123. The van der Waals surface area contributed by atoms with E-state index in [1.807, 2.05) is 24.3 Å². The van der Waals surface area contributed by atoms with Crippen molar-refractivity contribution in [3.05, 3.63) is 29.8 Å². The zero-order valence-electron chi connectivity index (χ0n) is 11.1. The van der Waals surface area contributed by atoms with Crippen molar-refractivity contribution in [2.24, 2.45) is 0 Å². The highest BCUT2D eigenvalue weighted by Crippen LogP contribution is 2.35. The zero-order chi connectivity index (χ0) is 14.1. The van der Waals surface area contributed by atoms with Gasteiger partial charge in [-0.25, -0.2) is 4.79 Å². The molecule has 1 unspecified atom stereocenters. The molecule has 2 heterocycles. The number of para-hydroxylation sites is 1. The largest absolute Gasteiger partial charge is 0.492 e. The molecule has 1 aromatic rings. The average molecular weight is 275 g/mol. The van der Waals surface area contributed by atoms with Crippen molar-refractivity contribution in [1.29, 1.82) is 0 Å². The Bertz CT molecular complexity index is 542. The van der Waals surface area contributed by atoms with Crippen LogP contribution < -0.4 is 4.74 Å². The second-order valence-corrected chi connectivity index (χ2v) is 5.28. The third-order valence-corrected chi connectivity index (χ3v) is 4.07. The summed E-state index contributed by atoms with van der Waals surface area (Å²) < 4.78 is 5.52. The Balaban J connectivity index is 1.84. The number of ether oxygens (including phenoxy) is 1. The van der Waals surface area contributed by atoms with Crippen LogP contribution in [0.3, 0.4) is 0 Å². The Morgan fingerprint density at radius 2 is 2.05 bits per heavy atom. The molecule has 0 spiro atoms. The topological polar surface area (TPSA) is 66.8 Å². The number of nitrogens with zero attached hydrogens (tertiary/aromatic N) is 1. The lowest BCUT2D eigenvalue weighted by molar-refractivity contribution is -0.152. The van der Waals surface area contributed by atoms with Crippen LogP contribution in [0.2, 0.25) is 0 Å². The molecule has 20 heavy (non-hydrogen) atoms. The Kier molecular flexibility index (Phi) is 3.34. The number of amides is 1. The lowest BCUT2D eigenvalue weighted by Crippen LogP contribution is -2.49. The van der Waals surface area contributed by atoms with E-state index in [2.05, 4.69) is 0 Å². The van der Waals surface area contributed by atoms with Gasteiger partial charge in [-0.1, -0.05) is 18.2 Å². The smallest absolute Gasteiger partial charge is 0.326 e. The van der Waals surface area contributed by atoms with Gasteiger partial charge in [0.15, 0.2) is 0 Å². The first-order chi connectivity index (χ1) is 9.68. The third-order valence-electron chi connectivity index (χ3n) is 4.07. The third kappa shape index (κ3) is 2.13. The molecule has 5 heteroatoms. The van der Waals surface area contributed by atoms with E-state index in [0.717, 1.165) is 24.2 Å². The first-order valence-electron chi connectivity index (χ1n) is 6.93. The van der Waals surface area contributed by atoms with E-state index in [0.29, 0.717) is 19.6 Å². The molecule has 1 fully saturated rings. The van der Waals surface area contributed by atoms with Crippen molar-refractivity contribution in [2.75, 3.05) is 13.2 Å². The maximum absolute atomic E-state index is 12.7. The van der Waals surface area contributed by atoms with Crippen molar-refractivity contribution in [2.45, 2.75) is 31.2 Å². The molecular weight excluding hydrogens is 258 g/mol. The summed E-state index contributed by atoms with van der Waals surface area (Å²) in [6.07, 6.45) is 2.26. The van der Waals surface area contributed by atoms with E-state index in [1.54, 1.807) is 0 Å². The van der Waals surface area contributed by atoms with Crippen LogP contribution in [0.5, 0.6) is 5.75 Å². The highest BCUT2D eigenvalue weighted by atomic mass is 16.5. The maximum atomic E-state index is 12.7. The molecule has 2 aliphatic rings. The number of carbonyl (C=O) groups excluding carboxylic acids is 1. The molecule has 0 saturated carbocycles. The van der Waals surface area contributed by atoms with Crippen LogP contribution in [0.25, 0.3) is 0 Å². The minimum Gasteiger partial charge on any atom is -0.492 e. The van der Waals surface area contributed by atoms with Gasteiger partial charge in [0.1, 0.15) is 24.3 Å². The van der Waals surface area contributed by atoms with Gasteiger partial charge in [0.2, 0.25) is 5.91 Å². The number of benzene rings is 1. The molecule has 1 N–H and O–H groups in total. The first-order valence-corrected chi connectivity index (χ1v) is 6.93. The fourth-order valence-corrected chi connectivity index (χ4v) is 3.02. The number of rotatable bonds is 2. The number of carboxylic acids is 1. The number of hydrogen-bond acceptors (Lipinski definition) is 3. The van der Waals surface area contributed by atoms with Gasteiger partial charge in [0.05, 0.1) is 0 Å². The predicted octanol–water partition coefficient (Wildman–Crippen LogP) is 1.63. The van der Waals surface area contributed by atoms with E-state index < -0.39 is 12.0 Å². The average Bonchev–Trinajstić information content (AvgIpc) is 2.90. The normalized spacial score (nSPS) is 24.9. The minimum atomic E-state index is -0.912. The van der Waals surface area contributed by atoms with Gasteiger partial charge in [0.25, 0.3) is 0 Å². The van der Waals surface area contributed by atoms with Crippen LogP contribution in [0.1, 0.15) is 30.7 Å². The van der Waals surface area contributed by atoms with Gasteiger partial charge in [0, 0.05) is 12.1 Å². The molecule has 2 atom stereocenters. The number of carboxylic acid groups (broad SMARTS) is 1. The number of likely N-dealkylation sites (tertiary alicyclic amines) is 1. The standard InChI is InChI=1S/C15H17NO4/c17-14(16-8-4-3-6-12(16)15(18)19)11-9-20-13-7-2-1-5-10(11)13/h1-2,5,7,11-12H,3-4,6,8-9H2,(H,18,19)/t11?,12-/m1/s1. The second kappa shape index (κ2) is 5.15. The van der Waals surface area contributed by atoms with E-state index in [9.17, 15) is 14.7 Å². The van der Waals surface area contributed by atoms with Crippen LogP contribution in [0.15, 0.2) is 24.3 Å². The van der Waals surface area contributed by atoms with Gasteiger partial charge < -0.3 is 14.7 Å². The van der Waals surface area contributed by atoms with Gasteiger partial charge in [-0.2, -0.15) is 0 Å².